The molecule has 0 spiro atoms. The summed E-state index contributed by atoms with van der Waals surface area (Å²) in [5.41, 5.74) is 0.541. The minimum absolute atomic E-state index is 0.0637. The van der Waals surface area contributed by atoms with Crippen LogP contribution in [0.4, 0.5) is 0 Å². The molecule has 0 saturated carbocycles. The monoisotopic (exact) mass is 166 g/mol. The van der Waals surface area contributed by atoms with Crippen LogP contribution < -0.4 is 0 Å². The van der Waals surface area contributed by atoms with E-state index in [9.17, 15) is 5.11 Å². The van der Waals surface area contributed by atoms with Gasteiger partial charge in [0.15, 0.2) is 0 Å². The number of rotatable bonds is 0. The molecule has 0 saturated heterocycles. The number of hydrogen-bond donors (Lipinski definition) is 1. The molecule has 1 heteroatoms. The second-order valence-electron chi connectivity index (χ2n) is 4.74. The van der Waals surface area contributed by atoms with Crippen molar-refractivity contribution < 1.29 is 5.11 Å². The Hall–Kier alpha value is -0.560. The van der Waals surface area contributed by atoms with Crippen molar-refractivity contribution in [3.63, 3.8) is 0 Å². The van der Waals surface area contributed by atoms with E-state index >= 15 is 0 Å². The zero-order valence-corrected chi connectivity index (χ0v) is 8.39. The van der Waals surface area contributed by atoms with Crippen LogP contribution in [0.3, 0.4) is 0 Å². The third kappa shape index (κ3) is 1.78. The van der Waals surface area contributed by atoms with Crippen molar-refractivity contribution in [2.45, 2.75) is 39.7 Å². The average molecular weight is 166 g/mol. The van der Waals surface area contributed by atoms with Crippen LogP contribution in [0.5, 0.6) is 0 Å². The van der Waals surface area contributed by atoms with Gasteiger partial charge in [0.2, 0.25) is 0 Å². The van der Waals surface area contributed by atoms with E-state index in [4.69, 9.17) is 0 Å². The molecule has 1 aliphatic carbocycles. The molecule has 0 aliphatic heterocycles. The summed E-state index contributed by atoms with van der Waals surface area (Å²) in [7, 11) is 0. The van der Waals surface area contributed by atoms with Crippen molar-refractivity contribution in [2.24, 2.45) is 5.41 Å². The average Bonchev–Trinajstić information content (AvgIpc) is 1.83. The lowest BCUT2D eigenvalue weighted by Gasteiger charge is -2.36. The molecule has 0 aromatic heterocycles. The molecule has 1 rings (SSSR count). The zero-order valence-electron chi connectivity index (χ0n) is 8.39. The Morgan fingerprint density at radius 2 is 2.00 bits per heavy atom. The molecular formula is C11H18O. The van der Waals surface area contributed by atoms with Gasteiger partial charge in [-0.1, -0.05) is 39.0 Å². The first-order valence-electron chi connectivity index (χ1n) is 4.44. The fraction of sp³-hybridized carbons (Fsp3) is 0.636. The molecule has 0 aromatic carbocycles. The van der Waals surface area contributed by atoms with Gasteiger partial charge in [-0.2, -0.15) is 0 Å². The first kappa shape index (κ1) is 9.53. The second-order valence-corrected chi connectivity index (χ2v) is 4.74. The van der Waals surface area contributed by atoms with E-state index in [0.29, 0.717) is 0 Å². The Labute approximate surface area is 74.8 Å². The van der Waals surface area contributed by atoms with E-state index in [-0.39, 0.29) is 5.41 Å². The molecular weight excluding hydrogens is 148 g/mol. The lowest BCUT2D eigenvalue weighted by atomic mass is 9.73. The predicted molar refractivity (Wildman–Crippen MR) is 51.9 cm³/mol. The van der Waals surface area contributed by atoms with Crippen molar-refractivity contribution in [1.82, 2.24) is 0 Å². The van der Waals surface area contributed by atoms with Crippen molar-refractivity contribution in [3.05, 3.63) is 23.8 Å². The van der Waals surface area contributed by atoms with Crippen molar-refractivity contribution in [2.75, 3.05) is 0 Å². The van der Waals surface area contributed by atoms with Crippen LogP contribution in [-0.2, 0) is 0 Å². The zero-order chi connectivity index (χ0) is 9.41. The fourth-order valence-electron chi connectivity index (χ4n) is 1.81. The van der Waals surface area contributed by atoms with Gasteiger partial charge in [-0.05, 0) is 24.3 Å². The van der Waals surface area contributed by atoms with Crippen LogP contribution in [0.25, 0.3) is 0 Å². The summed E-state index contributed by atoms with van der Waals surface area (Å²) in [5.74, 6) is 0. The van der Waals surface area contributed by atoms with Crippen molar-refractivity contribution in [1.29, 1.82) is 0 Å². The van der Waals surface area contributed by atoms with E-state index in [1.165, 1.54) is 0 Å². The molecule has 12 heavy (non-hydrogen) atoms. The quantitative estimate of drug-likeness (QED) is 0.586. The van der Waals surface area contributed by atoms with Crippen molar-refractivity contribution in [3.8, 4) is 0 Å². The van der Waals surface area contributed by atoms with Gasteiger partial charge in [-0.15, -0.1) is 0 Å². The summed E-state index contributed by atoms with van der Waals surface area (Å²) in [4.78, 5) is 0. The summed E-state index contributed by atoms with van der Waals surface area (Å²) >= 11 is 0. The van der Waals surface area contributed by atoms with E-state index in [2.05, 4.69) is 20.8 Å². The highest BCUT2D eigenvalue weighted by atomic mass is 16.3. The summed E-state index contributed by atoms with van der Waals surface area (Å²) in [6.45, 7) is 8.28. The maximum absolute atomic E-state index is 10.1. The third-order valence-electron chi connectivity index (χ3n) is 2.30. The van der Waals surface area contributed by atoms with Crippen LogP contribution in [0, 0.1) is 5.41 Å². The summed E-state index contributed by atoms with van der Waals surface area (Å²) < 4.78 is 0. The van der Waals surface area contributed by atoms with Gasteiger partial charge < -0.3 is 5.11 Å². The van der Waals surface area contributed by atoms with Crippen LogP contribution >= 0.6 is 0 Å². The van der Waals surface area contributed by atoms with Crippen LogP contribution in [0.1, 0.15) is 34.1 Å². The highest BCUT2D eigenvalue weighted by Gasteiger charge is 2.33. The Kier molecular flexibility index (Phi) is 2.17. The molecule has 0 heterocycles. The van der Waals surface area contributed by atoms with Gasteiger partial charge in [0.1, 0.15) is 0 Å². The Bertz CT molecular complexity index is 226. The Morgan fingerprint density at radius 3 is 2.33 bits per heavy atom. The Balaban J connectivity index is 3.01. The molecule has 1 aliphatic rings. The summed E-state index contributed by atoms with van der Waals surface area (Å²) in [6.07, 6.45) is 6.80. The predicted octanol–water partition coefficient (Wildman–Crippen LogP) is 2.67. The molecule has 0 amide bonds. The molecule has 1 atom stereocenters. The first-order chi connectivity index (χ1) is 5.34. The van der Waals surface area contributed by atoms with Gasteiger partial charge in [0, 0.05) is 0 Å². The SMILES string of the molecule is CC(C)(C)C1=CC=CCC1(C)O. The molecule has 1 nitrogen and oxygen atoms in total. The number of allylic oxidation sites excluding steroid dienone is 2. The molecule has 68 valence electrons. The highest BCUT2D eigenvalue weighted by Crippen LogP contribution is 2.37. The van der Waals surface area contributed by atoms with Crippen LogP contribution in [0.15, 0.2) is 23.8 Å². The molecule has 0 radical (unpaired) electrons. The smallest absolute Gasteiger partial charge is 0.0871 e. The number of aliphatic hydroxyl groups is 1. The largest absolute Gasteiger partial charge is 0.385 e. The van der Waals surface area contributed by atoms with E-state index in [1.54, 1.807) is 0 Å². The van der Waals surface area contributed by atoms with Crippen LogP contribution in [0.2, 0.25) is 0 Å². The van der Waals surface area contributed by atoms with Gasteiger partial charge in [0.25, 0.3) is 0 Å². The van der Waals surface area contributed by atoms with Gasteiger partial charge in [-0.3, -0.25) is 0 Å². The maximum atomic E-state index is 10.1. The van der Waals surface area contributed by atoms with Crippen molar-refractivity contribution >= 4 is 0 Å². The fourth-order valence-corrected chi connectivity index (χ4v) is 1.81. The summed E-state index contributed by atoms with van der Waals surface area (Å²) in [5, 5.41) is 10.1. The topological polar surface area (TPSA) is 20.2 Å². The Morgan fingerprint density at radius 1 is 1.42 bits per heavy atom. The maximum Gasteiger partial charge on any atom is 0.0871 e. The lowest BCUT2D eigenvalue weighted by molar-refractivity contribution is 0.0800. The minimum atomic E-state index is -0.646. The van der Waals surface area contributed by atoms with Gasteiger partial charge >= 0.3 is 0 Å². The van der Waals surface area contributed by atoms with E-state index < -0.39 is 5.60 Å². The molecule has 1 N–H and O–H groups in total. The molecule has 1 unspecified atom stereocenters. The van der Waals surface area contributed by atoms with E-state index in [0.717, 1.165) is 12.0 Å². The first-order valence-corrected chi connectivity index (χ1v) is 4.44. The third-order valence-corrected chi connectivity index (χ3v) is 2.30. The number of hydrogen-bond acceptors (Lipinski definition) is 1. The normalized spacial score (nSPS) is 30.2. The lowest BCUT2D eigenvalue weighted by Crippen LogP contribution is -2.34. The molecule has 0 fully saturated rings. The highest BCUT2D eigenvalue weighted by molar-refractivity contribution is 5.31. The second kappa shape index (κ2) is 2.74. The summed E-state index contributed by atoms with van der Waals surface area (Å²) in [6, 6.07) is 0. The standard InChI is InChI=1S/C11H18O/c1-10(2,3)9-7-5-6-8-11(9,4)12/h5-7,12H,8H2,1-4H3. The van der Waals surface area contributed by atoms with Gasteiger partial charge in [-0.25, -0.2) is 0 Å². The minimum Gasteiger partial charge on any atom is -0.385 e. The molecule has 0 aromatic rings. The van der Waals surface area contributed by atoms with E-state index in [1.807, 2.05) is 25.2 Å². The van der Waals surface area contributed by atoms with Crippen LogP contribution in [-0.4, -0.2) is 10.7 Å². The van der Waals surface area contributed by atoms with Gasteiger partial charge in [0.05, 0.1) is 5.60 Å². The molecule has 0 bridgehead atoms.